The quantitative estimate of drug-likeness (QED) is 0.820. The highest BCUT2D eigenvalue weighted by atomic mass is 35.5. The second kappa shape index (κ2) is 8.16. The fourth-order valence-corrected chi connectivity index (χ4v) is 3.72. The van der Waals surface area contributed by atoms with E-state index in [1.165, 1.54) is 29.2 Å². The number of ether oxygens (including phenoxy) is 1. The number of hydrogen-bond donors (Lipinski definition) is 1. The zero-order chi connectivity index (χ0) is 19.9. The van der Waals surface area contributed by atoms with Gasteiger partial charge in [0.25, 0.3) is 5.91 Å². The molecule has 156 valence electrons. The van der Waals surface area contributed by atoms with Gasteiger partial charge in [-0.1, -0.05) is 12.1 Å². The minimum atomic E-state index is -1.11. The Balaban J connectivity index is 0.00000240. The van der Waals surface area contributed by atoms with Crippen LogP contribution in [0, 0.1) is 11.6 Å². The van der Waals surface area contributed by atoms with Crippen molar-refractivity contribution in [3.8, 4) is 5.75 Å². The van der Waals surface area contributed by atoms with Gasteiger partial charge in [0.15, 0.2) is 11.4 Å². The molecule has 0 aliphatic carbocycles. The summed E-state index contributed by atoms with van der Waals surface area (Å²) in [5, 5.41) is 3.27. The van der Waals surface area contributed by atoms with E-state index in [2.05, 4.69) is 10.2 Å². The smallest absolute Gasteiger partial charge is 0.271 e. The molecule has 0 aromatic heterocycles. The van der Waals surface area contributed by atoms with Crippen LogP contribution in [0.4, 0.5) is 20.2 Å². The van der Waals surface area contributed by atoms with Crippen molar-refractivity contribution < 1.29 is 18.3 Å². The number of nitrogens with zero attached hydrogens (tertiary/aromatic N) is 2. The lowest BCUT2D eigenvalue weighted by molar-refractivity contribution is -0.132. The maximum atomic E-state index is 14.5. The molecule has 2 aliphatic heterocycles. The summed E-state index contributed by atoms with van der Waals surface area (Å²) >= 11 is 0. The molecule has 2 aromatic rings. The van der Waals surface area contributed by atoms with E-state index in [0.717, 1.165) is 26.2 Å². The second-order valence-corrected chi connectivity index (χ2v) is 7.64. The number of rotatable bonds is 3. The fraction of sp³-hybridized carbons (Fsp3) is 0.381. The Hall–Kier alpha value is -2.38. The summed E-state index contributed by atoms with van der Waals surface area (Å²) in [6.07, 6.45) is 0. The van der Waals surface area contributed by atoms with Crippen molar-refractivity contribution in [1.29, 1.82) is 0 Å². The summed E-state index contributed by atoms with van der Waals surface area (Å²) in [4.78, 5) is 16.6. The summed E-state index contributed by atoms with van der Waals surface area (Å²) in [7, 11) is 0. The average molecular weight is 424 g/mol. The van der Waals surface area contributed by atoms with Crippen molar-refractivity contribution in [1.82, 2.24) is 5.32 Å². The summed E-state index contributed by atoms with van der Waals surface area (Å²) in [5.74, 6) is -0.614. The molecule has 2 heterocycles. The Morgan fingerprint density at radius 1 is 1.07 bits per heavy atom. The van der Waals surface area contributed by atoms with Crippen molar-refractivity contribution in [3.63, 3.8) is 0 Å². The highest BCUT2D eigenvalue weighted by Gasteiger charge is 2.43. The van der Waals surface area contributed by atoms with Gasteiger partial charge in [-0.15, -0.1) is 12.4 Å². The van der Waals surface area contributed by atoms with Crippen LogP contribution in [0.1, 0.15) is 19.4 Å². The molecular formula is C21H24ClF2N3O2. The third-order valence-corrected chi connectivity index (χ3v) is 5.11. The molecule has 1 fully saturated rings. The Morgan fingerprint density at radius 2 is 1.76 bits per heavy atom. The first-order chi connectivity index (χ1) is 13.3. The first kappa shape index (κ1) is 21.3. The molecule has 1 N–H and O–H groups in total. The average Bonchev–Trinajstić information content (AvgIpc) is 2.66. The van der Waals surface area contributed by atoms with Crippen LogP contribution in [0.5, 0.6) is 5.75 Å². The fourth-order valence-electron chi connectivity index (χ4n) is 3.72. The van der Waals surface area contributed by atoms with Crippen LogP contribution in [0.2, 0.25) is 0 Å². The minimum Gasteiger partial charge on any atom is -0.474 e. The molecule has 2 aliphatic rings. The lowest BCUT2D eigenvalue weighted by atomic mass is 10.0. The summed E-state index contributed by atoms with van der Waals surface area (Å²) in [6.45, 7) is 6.56. The molecule has 1 amide bonds. The van der Waals surface area contributed by atoms with E-state index in [0.29, 0.717) is 22.7 Å². The maximum absolute atomic E-state index is 14.5. The van der Waals surface area contributed by atoms with Crippen molar-refractivity contribution in [2.75, 3.05) is 36.0 Å². The number of carbonyl (C=O) groups is 1. The van der Waals surface area contributed by atoms with Crippen molar-refractivity contribution in [2.45, 2.75) is 26.0 Å². The molecule has 0 radical (unpaired) electrons. The minimum absolute atomic E-state index is 0. The first-order valence-corrected chi connectivity index (χ1v) is 9.40. The predicted octanol–water partition coefficient (Wildman–Crippen LogP) is 3.50. The lowest BCUT2D eigenvalue weighted by Gasteiger charge is -2.41. The molecule has 5 nitrogen and oxygen atoms in total. The van der Waals surface area contributed by atoms with Gasteiger partial charge < -0.3 is 19.9 Å². The number of fused-ring (bicyclic) bond motifs is 1. The van der Waals surface area contributed by atoms with Crippen molar-refractivity contribution in [3.05, 3.63) is 53.6 Å². The number of piperazine rings is 1. The number of hydrogen-bond acceptors (Lipinski definition) is 4. The molecule has 4 rings (SSSR count). The molecule has 0 bridgehead atoms. The Labute approximate surface area is 175 Å². The lowest BCUT2D eigenvalue weighted by Crippen LogP contribution is -2.53. The summed E-state index contributed by atoms with van der Waals surface area (Å²) in [6, 6.07) is 8.84. The van der Waals surface area contributed by atoms with Crippen LogP contribution in [-0.4, -0.2) is 37.7 Å². The van der Waals surface area contributed by atoms with Gasteiger partial charge in [-0.25, -0.2) is 8.78 Å². The molecule has 1 saturated heterocycles. The van der Waals surface area contributed by atoms with Gasteiger partial charge in [0.2, 0.25) is 0 Å². The van der Waals surface area contributed by atoms with Crippen molar-refractivity contribution in [2.24, 2.45) is 0 Å². The normalized spacial score (nSPS) is 18.0. The van der Waals surface area contributed by atoms with E-state index >= 15 is 0 Å². The topological polar surface area (TPSA) is 44.8 Å². The molecule has 0 saturated carbocycles. The Morgan fingerprint density at radius 3 is 2.45 bits per heavy atom. The number of halogens is 3. The summed E-state index contributed by atoms with van der Waals surface area (Å²) in [5.41, 5.74) is 0.537. The van der Waals surface area contributed by atoms with E-state index in [9.17, 15) is 13.6 Å². The Bertz CT molecular complexity index is 917. The van der Waals surface area contributed by atoms with E-state index in [1.807, 2.05) is 0 Å². The number of amides is 1. The van der Waals surface area contributed by atoms with Gasteiger partial charge in [0.05, 0.1) is 17.9 Å². The predicted molar refractivity (Wildman–Crippen MR) is 111 cm³/mol. The van der Waals surface area contributed by atoms with Gasteiger partial charge in [0.1, 0.15) is 11.6 Å². The SMILES string of the molecule is CC1(C)Oc2c(N3CCNCC3)cc(F)cc2N(Cc2cccc(F)c2)C1=O.Cl. The monoisotopic (exact) mass is 423 g/mol. The van der Waals surface area contributed by atoms with Gasteiger partial charge in [0, 0.05) is 38.3 Å². The van der Waals surface area contributed by atoms with E-state index in [4.69, 9.17) is 4.74 Å². The molecule has 8 heteroatoms. The van der Waals surface area contributed by atoms with E-state index in [1.54, 1.807) is 26.0 Å². The van der Waals surface area contributed by atoms with Crippen molar-refractivity contribution >= 4 is 29.7 Å². The number of nitrogens with one attached hydrogen (secondary N) is 1. The second-order valence-electron chi connectivity index (χ2n) is 7.64. The van der Waals surface area contributed by atoms with Crippen LogP contribution in [0.15, 0.2) is 36.4 Å². The molecule has 29 heavy (non-hydrogen) atoms. The molecule has 0 unspecified atom stereocenters. The zero-order valence-electron chi connectivity index (χ0n) is 16.4. The maximum Gasteiger partial charge on any atom is 0.271 e. The van der Waals surface area contributed by atoms with E-state index in [-0.39, 0.29) is 30.7 Å². The third-order valence-electron chi connectivity index (χ3n) is 5.11. The van der Waals surface area contributed by atoms with E-state index < -0.39 is 11.4 Å². The van der Waals surface area contributed by atoms with Crippen LogP contribution < -0.4 is 19.9 Å². The van der Waals surface area contributed by atoms with Crippen LogP contribution >= 0.6 is 12.4 Å². The largest absolute Gasteiger partial charge is 0.474 e. The molecule has 0 spiro atoms. The van der Waals surface area contributed by atoms with Gasteiger partial charge in [-0.2, -0.15) is 0 Å². The molecule has 2 aromatic carbocycles. The zero-order valence-corrected chi connectivity index (χ0v) is 17.2. The summed E-state index contributed by atoms with van der Waals surface area (Å²) < 4.78 is 34.2. The van der Waals surface area contributed by atoms with Crippen LogP contribution in [0.25, 0.3) is 0 Å². The number of carbonyl (C=O) groups excluding carboxylic acids is 1. The highest BCUT2D eigenvalue weighted by Crippen LogP contribution is 2.45. The first-order valence-electron chi connectivity index (χ1n) is 9.40. The van der Waals surface area contributed by atoms with Gasteiger partial charge >= 0.3 is 0 Å². The third kappa shape index (κ3) is 4.16. The van der Waals surface area contributed by atoms with Gasteiger partial charge in [-0.3, -0.25) is 4.79 Å². The molecule has 0 atom stereocenters. The molecular weight excluding hydrogens is 400 g/mol. The number of benzene rings is 2. The van der Waals surface area contributed by atoms with Crippen LogP contribution in [0.3, 0.4) is 0 Å². The Kier molecular flexibility index (Phi) is 6.00. The number of anilines is 2. The highest BCUT2D eigenvalue weighted by molar-refractivity contribution is 6.03. The standard InChI is InChI=1S/C21H23F2N3O2.ClH/c1-21(2)20(27)26(13-14-4-3-5-15(22)10-14)18-12-16(23)11-17(19(18)28-21)25-8-6-24-7-9-25;/h3-5,10-12,24H,6-9,13H2,1-2H3;1H. The van der Waals surface area contributed by atoms with Gasteiger partial charge in [-0.05, 0) is 31.5 Å². The van der Waals surface area contributed by atoms with Crippen LogP contribution in [-0.2, 0) is 11.3 Å².